The minimum absolute atomic E-state index is 0.00717. The highest BCUT2D eigenvalue weighted by Crippen LogP contribution is 2.45. The molecule has 1 aliphatic rings. The fourth-order valence-electron chi connectivity index (χ4n) is 1.97. The quantitative estimate of drug-likeness (QED) is 0.740. The maximum atomic E-state index is 12.8. The molecular weight excluding hydrogens is 276 g/mol. The number of hydrogen-bond acceptors (Lipinski definition) is 2. The lowest BCUT2D eigenvalue weighted by molar-refractivity contribution is -0.144. The molecule has 1 aromatic carbocycles. The molecular formula is C11H9F6NO. The standard InChI is InChI=1S/C11H9F6NO/c12-10(13,14)5-3-6(11(15,16)17)9-7(18)1-2-19-8(9)4-5/h3-4,7H,1-2,18H2/t7-/m1/s1. The fourth-order valence-corrected chi connectivity index (χ4v) is 1.97. The largest absolute Gasteiger partial charge is 0.493 e. The molecule has 0 fully saturated rings. The van der Waals surface area contributed by atoms with E-state index in [0.717, 1.165) is 0 Å². The molecule has 0 unspecified atom stereocenters. The second kappa shape index (κ2) is 4.29. The van der Waals surface area contributed by atoms with Gasteiger partial charge in [-0.15, -0.1) is 0 Å². The van der Waals surface area contributed by atoms with Crippen LogP contribution in [0.2, 0.25) is 0 Å². The average molecular weight is 285 g/mol. The molecule has 0 radical (unpaired) electrons. The second-order valence-electron chi connectivity index (χ2n) is 4.17. The van der Waals surface area contributed by atoms with E-state index in [1.54, 1.807) is 0 Å². The molecule has 0 saturated carbocycles. The van der Waals surface area contributed by atoms with Gasteiger partial charge in [0, 0.05) is 18.0 Å². The van der Waals surface area contributed by atoms with Gasteiger partial charge in [-0.2, -0.15) is 26.3 Å². The van der Waals surface area contributed by atoms with Crippen LogP contribution in [0.3, 0.4) is 0 Å². The molecule has 1 aromatic rings. The Morgan fingerprint density at radius 2 is 1.68 bits per heavy atom. The first-order valence-corrected chi connectivity index (χ1v) is 5.31. The lowest BCUT2D eigenvalue weighted by Gasteiger charge is -2.27. The lowest BCUT2D eigenvalue weighted by Crippen LogP contribution is -2.26. The van der Waals surface area contributed by atoms with Gasteiger partial charge in [-0.25, -0.2) is 0 Å². The van der Waals surface area contributed by atoms with Gasteiger partial charge >= 0.3 is 12.4 Å². The molecule has 0 bridgehead atoms. The van der Waals surface area contributed by atoms with Crippen molar-refractivity contribution in [2.45, 2.75) is 24.8 Å². The van der Waals surface area contributed by atoms with Gasteiger partial charge in [0.05, 0.1) is 17.7 Å². The lowest BCUT2D eigenvalue weighted by atomic mass is 9.93. The molecule has 1 heterocycles. The van der Waals surface area contributed by atoms with Crippen LogP contribution in [0.15, 0.2) is 12.1 Å². The van der Waals surface area contributed by atoms with E-state index >= 15 is 0 Å². The monoisotopic (exact) mass is 285 g/mol. The number of nitrogens with two attached hydrogens (primary N) is 1. The van der Waals surface area contributed by atoms with Gasteiger partial charge in [-0.3, -0.25) is 0 Å². The van der Waals surface area contributed by atoms with E-state index in [0.29, 0.717) is 6.07 Å². The van der Waals surface area contributed by atoms with Crippen molar-refractivity contribution in [3.05, 3.63) is 28.8 Å². The third-order valence-corrected chi connectivity index (χ3v) is 2.83. The summed E-state index contributed by atoms with van der Waals surface area (Å²) in [5, 5.41) is 0. The number of halogens is 6. The Bertz CT molecular complexity index is 493. The van der Waals surface area contributed by atoms with E-state index in [9.17, 15) is 26.3 Å². The predicted octanol–water partition coefficient (Wildman–Crippen LogP) is 3.51. The zero-order valence-corrected chi connectivity index (χ0v) is 9.40. The number of rotatable bonds is 0. The first-order valence-electron chi connectivity index (χ1n) is 5.31. The summed E-state index contributed by atoms with van der Waals surface area (Å²) in [6.45, 7) is -0.00717. The van der Waals surface area contributed by atoms with Crippen molar-refractivity contribution in [2.75, 3.05) is 6.61 Å². The smallest absolute Gasteiger partial charge is 0.416 e. The zero-order chi connectivity index (χ0) is 14.4. The molecule has 0 saturated heterocycles. The Balaban J connectivity index is 2.68. The molecule has 2 nitrogen and oxygen atoms in total. The second-order valence-corrected chi connectivity index (χ2v) is 4.17. The molecule has 2 N–H and O–H groups in total. The highest BCUT2D eigenvalue weighted by molar-refractivity contribution is 5.48. The molecule has 106 valence electrons. The first-order chi connectivity index (χ1) is 8.60. The van der Waals surface area contributed by atoms with Crippen molar-refractivity contribution in [1.29, 1.82) is 0 Å². The normalized spacial score (nSPS) is 19.8. The Labute approximate surface area is 104 Å². The van der Waals surface area contributed by atoms with Crippen LogP contribution in [0.4, 0.5) is 26.3 Å². The summed E-state index contributed by atoms with van der Waals surface area (Å²) in [4.78, 5) is 0. The predicted molar refractivity (Wildman–Crippen MR) is 53.5 cm³/mol. The number of alkyl halides is 6. The van der Waals surface area contributed by atoms with Crippen molar-refractivity contribution in [3.63, 3.8) is 0 Å². The van der Waals surface area contributed by atoms with Gasteiger partial charge in [0.2, 0.25) is 0 Å². The molecule has 0 amide bonds. The summed E-state index contributed by atoms with van der Waals surface area (Å²) in [5.74, 6) is -0.444. The van der Waals surface area contributed by atoms with E-state index in [1.807, 2.05) is 0 Å². The van der Waals surface area contributed by atoms with Crippen molar-refractivity contribution >= 4 is 0 Å². The van der Waals surface area contributed by atoms with E-state index in [-0.39, 0.29) is 19.1 Å². The van der Waals surface area contributed by atoms with Gasteiger partial charge < -0.3 is 10.5 Å². The van der Waals surface area contributed by atoms with Crippen LogP contribution in [0, 0.1) is 0 Å². The fraction of sp³-hybridized carbons (Fsp3) is 0.455. The number of benzene rings is 1. The van der Waals surface area contributed by atoms with Crippen LogP contribution in [0.1, 0.15) is 29.2 Å². The molecule has 0 aliphatic carbocycles. The third-order valence-electron chi connectivity index (χ3n) is 2.83. The third kappa shape index (κ3) is 2.63. The van der Waals surface area contributed by atoms with Crippen LogP contribution in [0.5, 0.6) is 5.75 Å². The Kier molecular flexibility index (Phi) is 3.16. The van der Waals surface area contributed by atoms with Gasteiger partial charge in [0.25, 0.3) is 0 Å². The summed E-state index contributed by atoms with van der Waals surface area (Å²) in [7, 11) is 0. The minimum Gasteiger partial charge on any atom is -0.493 e. The highest BCUT2D eigenvalue weighted by atomic mass is 19.4. The number of ether oxygens (including phenoxy) is 1. The molecule has 0 aromatic heterocycles. The van der Waals surface area contributed by atoms with Gasteiger partial charge in [0.1, 0.15) is 5.75 Å². The van der Waals surface area contributed by atoms with Crippen molar-refractivity contribution < 1.29 is 31.1 Å². The number of fused-ring (bicyclic) bond motifs is 1. The van der Waals surface area contributed by atoms with Gasteiger partial charge in [0.15, 0.2) is 0 Å². The van der Waals surface area contributed by atoms with E-state index in [1.165, 1.54) is 0 Å². The maximum absolute atomic E-state index is 12.8. The van der Waals surface area contributed by atoms with E-state index < -0.39 is 40.8 Å². The maximum Gasteiger partial charge on any atom is 0.416 e. The number of hydrogen-bond donors (Lipinski definition) is 1. The molecule has 8 heteroatoms. The van der Waals surface area contributed by atoms with Gasteiger partial charge in [-0.05, 0) is 12.1 Å². The average Bonchev–Trinajstić information content (AvgIpc) is 2.25. The summed E-state index contributed by atoms with van der Waals surface area (Å²) in [5.41, 5.74) is 2.35. The summed E-state index contributed by atoms with van der Waals surface area (Å²) < 4.78 is 81.1. The van der Waals surface area contributed by atoms with E-state index in [4.69, 9.17) is 10.5 Å². The van der Waals surface area contributed by atoms with Crippen LogP contribution in [-0.2, 0) is 12.4 Å². The highest BCUT2D eigenvalue weighted by Gasteiger charge is 2.41. The van der Waals surface area contributed by atoms with Crippen LogP contribution in [0.25, 0.3) is 0 Å². The van der Waals surface area contributed by atoms with E-state index in [2.05, 4.69) is 0 Å². The first kappa shape index (κ1) is 14.0. The van der Waals surface area contributed by atoms with Crippen LogP contribution < -0.4 is 10.5 Å². The molecule has 1 aliphatic heterocycles. The van der Waals surface area contributed by atoms with Crippen molar-refractivity contribution in [3.8, 4) is 5.75 Å². The molecule has 1 atom stereocenters. The van der Waals surface area contributed by atoms with Crippen molar-refractivity contribution in [2.24, 2.45) is 5.73 Å². The minimum atomic E-state index is -4.91. The Hall–Kier alpha value is -1.44. The summed E-state index contributed by atoms with van der Waals surface area (Å²) in [6, 6.07) is -0.348. The molecule has 19 heavy (non-hydrogen) atoms. The molecule has 0 spiro atoms. The molecule has 2 rings (SSSR count). The van der Waals surface area contributed by atoms with Crippen LogP contribution in [-0.4, -0.2) is 6.61 Å². The van der Waals surface area contributed by atoms with Crippen LogP contribution >= 0.6 is 0 Å². The van der Waals surface area contributed by atoms with Crippen molar-refractivity contribution in [1.82, 2.24) is 0 Å². The summed E-state index contributed by atoms with van der Waals surface area (Å²) in [6.07, 6.45) is -9.66. The summed E-state index contributed by atoms with van der Waals surface area (Å²) >= 11 is 0. The Morgan fingerprint density at radius 3 is 2.21 bits per heavy atom. The van der Waals surface area contributed by atoms with Gasteiger partial charge in [-0.1, -0.05) is 0 Å². The SMILES string of the molecule is N[C@@H]1CCOc2cc(C(F)(F)F)cc(C(F)(F)F)c21. The topological polar surface area (TPSA) is 35.2 Å². The zero-order valence-electron chi connectivity index (χ0n) is 9.40. The Morgan fingerprint density at radius 1 is 1.05 bits per heavy atom.